The summed E-state index contributed by atoms with van der Waals surface area (Å²) in [6.07, 6.45) is 1.23. The Hall–Kier alpha value is -0.120. The molecule has 0 heterocycles. The molecule has 0 saturated carbocycles. The van der Waals surface area contributed by atoms with Gasteiger partial charge in [-0.05, 0) is 38.9 Å². The first-order chi connectivity index (χ1) is 8.33. The normalized spacial score (nSPS) is 15.7. The Balaban J connectivity index is 4.44. The zero-order valence-corrected chi connectivity index (χ0v) is 13.7. The molecule has 0 radical (unpaired) electrons. The van der Waals surface area contributed by atoms with Gasteiger partial charge in [-0.2, -0.15) is 0 Å². The summed E-state index contributed by atoms with van der Waals surface area (Å²) < 4.78 is 0. The summed E-state index contributed by atoms with van der Waals surface area (Å²) in [5.41, 5.74) is 0.385. The number of hydrogen-bond acceptors (Lipinski definition) is 3. The third kappa shape index (κ3) is 8.06. The molecule has 0 aromatic rings. The van der Waals surface area contributed by atoms with E-state index >= 15 is 0 Å². The van der Waals surface area contributed by atoms with Crippen molar-refractivity contribution in [3.63, 3.8) is 0 Å². The van der Waals surface area contributed by atoms with E-state index in [1.165, 1.54) is 26.1 Å². The SMILES string of the molecule is CCC(C)(CNC)CN(CCN(C)C)CC(C)C. The average molecular weight is 257 g/mol. The quantitative estimate of drug-likeness (QED) is 0.647. The van der Waals surface area contributed by atoms with Crippen LogP contribution in [0.1, 0.15) is 34.1 Å². The molecule has 0 spiro atoms. The van der Waals surface area contributed by atoms with Gasteiger partial charge in [0.25, 0.3) is 0 Å². The lowest BCUT2D eigenvalue weighted by atomic mass is 9.86. The minimum Gasteiger partial charge on any atom is -0.319 e. The van der Waals surface area contributed by atoms with E-state index in [0.29, 0.717) is 5.41 Å². The van der Waals surface area contributed by atoms with E-state index in [1.807, 2.05) is 0 Å². The van der Waals surface area contributed by atoms with Crippen molar-refractivity contribution in [2.45, 2.75) is 34.1 Å². The molecule has 0 fully saturated rings. The van der Waals surface area contributed by atoms with E-state index in [9.17, 15) is 0 Å². The molecule has 0 aliphatic heterocycles. The lowest BCUT2D eigenvalue weighted by molar-refractivity contribution is 0.135. The molecule has 1 N–H and O–H groups in total. The summed E-state index contributed by atoms with van der Waals surface area (Å²) in [5.74, 6) is 0.739. The predicted octanol–water partition coefficient (Wildman–Crippen LogP) is 2.14. The van der Waals surface area contributed by atoms with Crippen molar-refractivity contribution < 1.29 is 0 Å². The molecule has 0 aliphatic rings. The van der Waals surface area contributed by atoms with Crippen LogP contribution in [0.25, 0.3) is 0 Å². The largest absolute Gasteiger partial charge is 0.319 e. The second-order valence-electron chi connectivity index (χ2n) is 6.63. The molecule has 0 aromatic heterocycles. The van der Waals surface area contributed by atoms with Gasteiger partial charge in [-0.3, -0.25) is 0 Å². The van der Waals surface area contributed by atoms with Crippen LogP contribution in [0.5, 0.6) is 0 Å². The summed E-state index contributed by atoms with van der Waals surface area (Å²) in [5, 5.41) is 3.35. The molecule has 3 nitrogen and oxygen atoms in total. The van der Waals surface area contributed by atoms with Crippen molar-refractivity contribution in [3.05, 3.63) is 0 Å². The third-order valence-corrected chi connectivity index (χ3v) is 3.55. The maximum absolute atomic E-state index is 3.35. The van der Waals surface area contributed by atoms with Crippen molar-refractivity contribution in [2.24, 2.45) is 11.3 Å². The molecule has 110 valence electrons. The van der Waals surface area contributed by atoms with Crippen molar-refractivity contribution in [2.75, 3.05) is 53.9 Å². The third-order valence-electron chi connectivity index (χ3n) is 3.55. The second kappa shape index (κ2) is 8.89. The molecule has 1 unspecified atom stereocenters. The molecular formula is C15H35N3. The van der Waals surface area contributed by atoms with Gasteiger partial charge in [-0.25, -0.2) is 0 Å². The fourth-order valence-corrected chi connectivity index (χ4v) is 2.35. The Morgan fingerprint density at radius 2 is 1.78 bits per heavy atom. The van der Waals surface area contributed by atoms with Gasteiger partial charge in [0, 0.05) is 32.7 Å². The monoisotopic (exact) mass is 257 g/mol. The predicted molar refractivity (Wildman–Crippen MR) is 82.2 cm³/mol. The van der Waals surface area contributed by atoms with Crippen molar-refractivity contribution in [3.8, 4) is 0 Å². The highest BCUT2D eigenvalue weighted by Crippen LogP contribution is 2.22. The van der Waals surface area contributed by atoms with E-state index in [1.54, 1.807) is 0 Å². The Bertz CT molecular complexity index is 204. The smallest absolute Gasteiger partial charge is 0.0109 e. The average Bonchev–Trinajstić information content (AvgIpc) is 2.25. The van der Waals surface area contributed by atoms with Gasteiger partial charge in [0.2, 0.25) is 0 Å². The van der Waals surface area contributed by atoms with Crippen LogP contribution in [-0.4, -0.2) is 63.7 Å². The standard InChI is InChI=1S/C15H35N3/c1-8-15(4,12-16-5)13-18(11-14(2)3)10-9-17(6)7/h14,16H,8-13H2,1-7H3. The van der Waals surface area contributed by atoms with Crippen molar-refractivity contribution in [1.82, 2.24) is 15.1 Å². The number of nitrogens with zero attached hydrogens (tertiary/aromatic N) is 2. The number of likely N-dealkylation sites (N-methyl/N-ethyl adjacent to an activating group) is 1. The lowest BCUT2D eigenvalue weighted by Gasteiger charge is -2.36. The van der Waals surface area contributed by atoms with Crippen LogP contribution in [0.3, 0.4) is 0 Å². The van der Waals surface area contributed by atoms with E-state index in [2.05, 4.69) is 64.0 Å². The topological polar surface area (TPSA) is 18.5 Å². The first-order valence-electron chi connectivity index (χ1n) is 7.34. The molecule has 0 saturated heterocycles. The van der Waals surface area contributed by atoms with Crippen molar-refractivity contribution >= 4 is 0 Å². The van der Waals surface area contributed by atoms with E-state index in [4.69, 9.17) is 0 Å². The first-order valence-corrected chi connectivity index (χ1v) is 7.34. The van der Waals surface area contributed by atoms with E-state index in [0.717, 1.165) is 19.0 Å². The molecule has 1 atom stereocenters. The van der Waals surface area contributed by atoms with Crippen LogP contribution in [0.4, 0.5) is 0 Å². The molecule has 18 heavy (non-hydrogen) atoms. The lowest BCUT2D eigenvalue weighted by Crippen LogP contribution is -2.44. The summed E-state index contributed by atoms with van der Waals surface area (Å²) in [4.78, 5) is 4.90. The number of nitrogens with one attached hydrogen (secondary N) is 1. The molecule has 0 rings (SSSR count). The zero-order chi connectivity index (χ0) is 14.2. The van der Waals surface area contributed by atoms with E-state index in [-0.39, 0.29) is 0 Å². The van der Waals surface area contributed by atoms with Crippen LogP contribution < -0.4 is 5.32 Å². The van der Waals surface area contributed by atoms with Crippen molar-refractivity contribution in [1.29, 1.82) is 0 Å². The minimum absolute atomic E-state index is 0.385. The second-order valence-corrected chi connectivity index (χ2v) is 6.63. The zero-order valence-electron chi connectivity index (χ0n) is 13.7. The molecular weight excluding hydrogens is 222 g/mol. The highest BCUT2D eigenvalue weighted by atomic mass is 15.2. The van der Waals surface area contributed by atoms with Crippen LogP contribution in [0.15, 0.2) is 0 Å². The first kappa shape index (κ1) is 17.9. The Kier molecular flexibility index (Phi) is 8.83. The number of hydrogen-bond donors (Lipinski definition) is 1. The van der Waals surface area contributed by atoms with E-state index < -0.39 is 0 Å². The molecule has 3 heteroatoms. The van der Waals surface area contributed by atoms with Gasteiger partial charge >= 0.3 is 0 Å². The molecule has 0 aromatic carbocycles. The minimum atomic E-state index is 0.385. The Morgan fingerprint density at radius 1 is 1.17 bits per heavy atom. The molecule has 0 bridgehead atoms. The van der Waals surface area contributed by atoms with Gasteiger partial charge in [0.1, 0.15) is 0 Å². The number of rotatable bonds is 10. The van der Waals surface area contributed by atoms with Gasteiger partial charge in [-0.15, -0.1) is 0 Å². The van der Waals surface area contributed by atoms with Crippen LogP contribution in [0, 0.1) is 11.3 Å². The summed E-state index contributed by atoms with van der Waals surface area (Å²) in [6.45, 7) is 15.1. The van der Waals surface area contributed by atoms with Crippen LogP contribution in [0.2, 0.25) is 0 Å². The van der Waals surface area contributed by atoms with Crippen LogP contribution in [-0.2, 0) is 0 Å². The highest BCUT2D eigenvalue weighted by molar-refractivity contribution is 4.80. The maximum Gasteiger partial charge on any atom is 0.0109 e. The highest BCUT2D eigenvalue weighted by Gasteiger charge is 2.24. The Labute approximate surface area is 115 Å². The van der Waals surface area contributed by atoms with Gasteiger partial charge in [-0.1, -0.05) is 27.7 Å². The fourth-order valence-electron chi connectivity index (χ4n) is 2.35. The molecule has 0 amide bonds. The summed E-state index contributed by atoms with van der Waals surface area (Å²) in [6, 6.07) is 0. The van der Waals surface area contributed by atoms with Crippen LogP contribution >= 0.6 is 0 Å². The molecule has 0 aliphatic carbocycles. The summed E-state index contributed by atoms with van der Waals surface area (Å²) >= 11 is 0. The Morgan fingerprint density at radius 3 is 2.17 bits per heavy atom. The van der Waals surface area contributed by atoms with Gasteiger partial charge in [0.15, 0.2) is 0 Å². The van der Waals surface area contributed by atoms with Gasteiger partial charge in [0.05, 0.1) is 0 Å². The summed E-state index contributed by atoms with van der Waals surface area (Å²) in [7, 11) is 6.36. The maximum atomic E-state index is 3.35. The fraction of sp³-hybridized carbons (Fsp3) is 1.00. The van der Waals surface area contributed by atoms with Gasteiger partial charge < -0.3 is 15.1 Å².